The standard InChI is InChI=1S/C19H27NO6/c1-18(2)23-14-13(10-20-21-11-12-8-6-5-7-9-12)22-17-16(15(14)24-18)25-19(3,4)26-17/h5-9,13-17,20H,10-11H2,1-4H3/t13?,14-,15?,16?,17+/m0/s1. The summed E-state index contributed by atoms with van der Waals surface area (Å²) in [5.74, 6) is -1.39. The molecule has 3 unspecified atom stereocenters. The van der Waals surface area contributed by atoms with E-state index in [-0.39, 0.29) is 24.4 Å². The molecule has 3 saturated heterocycles. The Morgan fingerprint density at radius 1 is 0.885 bits per heavy atom. The third-order valence-electron chi connectivity index (χ3n) is 4.72. The second-order valence-corrected chi connectivity index (χ2v) is 7.83. The van der Waals surface area contributed by atoms with E-state index in [1.807, 2.05) is 58.0 Å². The van der Waals surface area contributed by atoms with Crippen LogP contribution in [0.1, 0.15) is 33.3 Å². The first kappa shape index (κ1) is 18.3. The van der Waals surface area contributed by atoms with Crippen LogP contribution in [0.4, 0.5) is 0 Å². The fraction of sp³-hybridized carbons (Fsp3) is 0.684. The zero-order valence-corrected chi connectivity index (χ0v) is 15.6. The zero-order valence-electron chi connectivity index (χ0n) is 15.6. The third kappa shape index (κ3) is 3.80. The van der Waals surface area contributed by atoms with Crippen LogP contribution in [0.2, 0.25) is 0 Å². The van der Waals surface area contributed by atoms with Gasteiger partial charge in [-0.05, 0) is 33.3 Å². The van der Waals surface area contributed by atoms with Gasteiger partial charge < -0.3 is 23.7 Å². The summed E-state index contributed by atoms with van der Waals surface area (Å²) in [4.78, 5) is 5.58. The molecule has 1 aromatic carbocycles. The fourth-order valence-corrected chi connectivity index (χ4v) is 3.71. The topological polar surface area (TPSA) is 67.4 Å². The van der Waals surface area contributed by atoms with Gasteiger partial charge in [-0.15, -0.1) is 0 Å². The Bertz CT molecular complexity index is 622. The second kappa shape index (κ2) is 6.83. The van der Waals surface area contributed by atoms with Gasteiger partial charge in [0.05, 0.1) is 13.2 Å². The van der Waals surface area contributed by atoms with E-state index in [0.29, 0.717) is 13.2 Å². The predicted molar refractivity (Wildman–Crippen MR) is 91.8 cm³/mol. The average molecular weight is 365 g/mol. The highest BCUT2D eigenvalue weighted by molar-refractivity contribution is 5.13. The lowest BCUT2D eigenvalue weighted by atomic mass is 9.99. The number of hydroxylamine groups is 1. The van der Waals surface area contributed by atoms with Crippen molar-refractivity contribution in [3.8, 4) is 0 Å². The molecule has 3 fully saturated rings. The molecule has 7 heteroatoms. The Kier molecular flexibility index (Phi) is 4.81. The molecule has 4 rings (SSSR count). The average Bonchev–Trinajstić information content (AvgIpc) is 3.06. The van der Waals surface area contributed by atoms with Crippen molar-refractivity contribution in [3.63, 3.8) is 0 Å². The summed E-state index contributed by atoms with van der Waals surface area (Å²) in [6.07, 6.45) is -1.55. The molecule has 0 amide bonds. The van der Waals surface area contributed by atoms with Crippen molar-refractivity contribution in [2.45, 2.75) is 76.6 Å². The van der Waals surface area contributed by atoms with Crippen LogP contribution in [0.25, 0.3) is 0 Å². The largest absolute Gasteiger partial charge is 0.342 e. The predicted octanol–water partition coefficient (Wildman–Crippen LogP) is 2.10. The van der Waals surface area contributed by atoms with Gasteiger partial charge in [0.15, 0.2) is 17.9 Å². The number of hydrogen-bond acceptors (Lipinski definition) is 7. The molecule has 144 valence electrons. The molecule has 0 aromatic heterocycles. The van der Waals surface area contributed by atoms with E-state index in [0.717, 1.165) is 5.56 Å². The lowest BCUT2D eigenvalue weighted by molar-refractivity contribution is -0.236. The van der Waals surface area contributed by atoms with Gasteiger partial charge in [0, 0.05) is 0 Å². The Hall–Kier alpha value is -1.06. The highest BCUT2D eigenvalue weighted by Crippen LogP contribution is 2.43. The number of fused-ring (bicyclic) bond motifs is 3. The molecule has 0 radical (unpaired) electrons. The van der Waals surface area contributed by atoms with Gasteiger partial charge in [-0.3, -0.25) is 4.84 Å². The van der Waals surface area contributed by atoms with Crippen LogP contribution in [0.15, 0.2) is 30.3 Å². The van der Waals surface area contributed by atoms with Crippen LogP contribution in [0.3, 0.4) is 0 Å². The van der Waals surface area contributed by atoms with Crippen molar-refractivity contribution >= 4 is 0 Å². The fourth-order valence-electron chi connectivity index (χ4n) is 3.71. The Labute approximate surface area is 153 Å². The van der Waals surface area contributed by atoms with E-state index in [4.69, 9.17) is 28.5 Å². The van der Waals surface area contributed by atoms with E-state index < -0.39 is 17.9 Å². The monoisotopic (exact) mass is 365 g/mol. The molecule has 0 saturated carbocycles. The maximum absolute atomic E-state index is 6.11. The number of nitrogens with one attached hydrogen (secondary N) is 1. The highest BCUT2D eigenvalue weighted by atomic mass is 16.9. The minimum absolute atomic E-state index is 0.244. The summed E-state index contributed by atoms with van der Waals surface area (Å²) in [5, 5.41) is 0. The van der Waals surface area contributed by atoms with Crippen LogP contribution in [-0.2, 0) is 35.1 Å². The molecule has 0 aliphatic carbocycles. The third-order valence-corrected chi connectivity index (χ3v) is 4.72. The quantitative estimate of drug-likeness (QED) is 0.633. The molecule has 5 atom stereocenters. The SMILES string of the molecule is CC1(C)OC2C3OC(C)(C)O[C@H]3C(CNOCc3ccccc3)O[C@@H]2O1. The van der Waals surface area contributed by atoms with Gasteiger partial charge in [-0.25, -0.2) is 0 Å². The van der Waals surface area contributed by atoms with Crippen molar-refractivity contribution in [3.05, 3.63) is 35.9 Å². The van der Waals surface area contributed by atoms with E-state index >= 15 is 0 Å². The van der Waals surface area contributed by atoms with Gasteiger partial charge in [0.1, 0.15) is 24.4 Å². The molecule has 3 aliphatic rings. The first-order valence-corrected chi connectivity index (χ1v) is 9.08. The molecule has 7 nitrogen and oxygen atoms in total. The van der Waals surface area contributed by atoms with Crippen LogP contribution >= 0.6 is 0 Å². The van der Waals surface area contributed by atoms with Crippen LogP contribution in [-0.4, -0.2) is 48.8 Å². The van der Waals surface area contributed by atoms with Crippen LogP contribution in [0.5, 0.6) is 0 Å². The Balaban J connectivity index is 1.38. The molecule has 0 spiro atoms. The van der Waals surface area contributed by atoms with Crippen molar-refractivity contribution in [1.82, 2.24) is 5.48 Å². The summed E-state index contributed by atoms with van der Waals surface area (Å²) in [6, 6.07) is 9.98. The summed E-state index contributed by atoms with van der Waals surface area (Å²) in [7, 11) is 0. The number of ether oxygens (including phenoxy) is 5. The number of hydrogen-bond donors (Lipinski definition) is 1. The molecule has 3 heterocycles. The molecule has 1 aromatic rings. The van der Waals surface area contributed by atoms with Crippen molar-refractivity contribution in [1.29, 1.82) is 0 Å². The van der Waals surface area contributed by atoms with Crippen molar-refractivity contribution < 1.29 is 28.5 Å². The minimum atomic E-state index is -0.706. The van der Waals surface area contributed by atoms with Gasteiger partial charge in [0.25, 0.3) is 0 Å². The summed E-state index contributed by atoms with van der Waals surface area (Å²) in [5.41, 5.74) is 4.08. The summed E-state index contributed by atoms with van der Waals surface area (Å²) >= 11 is 0. The van der Waals surface area contributed by atoms with Gasteiger partial charge >= 0.3 is 0 Å². The maximum atomic E-state index is 6.11. The van der Waals surface area contributed by atoms with E-state index in [1.165, 1.54) is 0 Å². The smallest absolute Gasteiger partial charge is 0.190 e. The van der Waals surface area contributed by atoms with E-state index in [1.54, 1.807) is 0 Å². The first-order valence-electron chi connectivity index (χ1n) is 9.08. The minimum Gasteiger partial charge on any atom is -0.342 e. The van der Waals surface area contributed by atoms with Crippen LogP contribution < -0.4 is 5.48 Å². The lowest BCUT2D eigenvalue weighted by Crippen LogP contribution is -2.57. The van der Waals surface area contributed by atoms with E-state index in [9.17, 15) is 0 Å². The van der Waals surface area contributed by atoms with Crippen LogP contribution in [0, 0.1) is 0 Å². The maximum Gasteiger partial charge on any atom is 0.190 e. The molecule has 3 aliphatic heterocycles. The summed E-state index contributed by atoms with van der Waals surface area (Å²) < 4.78 is 30.2. The molecule has 0 bridgehead atoms. The molecular formula is C19H27NO6. The Morgan fingerprint density at radius 2 is 1.54 bits per heavy atom. The first-order chi connectivity index (χ1) is 12.3. The second-order valence-electron chi connectivity index (χ2n) is 7.83. The van der Waals surface area contributed by atoms with E-state index in [2.05, 4.69) is 5.48 Å². The number of benzene rings is 1. The summed E-state index contributed by atoms with van der Waals surface area (Å²) in [6.45, 7) is 8.49. The molecule has 26 heavy (non-hydrogen) atoms. The van der Waals surface area contributed by atoms with Gasteiger partial charge in [0.2, 0.25) is 0 Å². The number of rotatable bonds is 5. The zero-order chi connectivity index (χ0) is 18.4. The molecule has 1 N–H and O–H groups in total. The van der Waals surface area contributed by atoms with Gasteiger partial charge in [-0.2, -0.15) is 5.48 Å². The van der Waals surface area contributed by atoms with Crippen molar-refractivity contribution in [2.24, 2.45) is 0 Å². The highest BCUT2D eigenvalue weighted by Gasteiger charge is 2.60. The van der Waals surface area contributed by atoms with Gasteiger partial charge in [-0.1, -0.05) is 30.3 Å². The normalized spacial score (nSPS) is 37.3. The molecular weight excluding hydrogens is 338 g/mol. The Morgan fingerprint density at radius 3 is 2.31 bits per heavy atom. The lowest BCUT2D eigenvalue weighted by Gasteiger charge is -2.37. The van der Waals surface area contributed by atoms with Crippen molar-refractivity contribution in [2.75, 3.05) is 6.54 Å².